The zero-order valence-corrected chi connectivity index (χ0v) is 11.1. The second kappa shape index (κ2) is 6.47. The molecule has 0 atom stereocenters. The van der Waals surface area contributed by atoms with Gasteiger partial charge in [-0.15, -0.1) is 0 Å². The Bertz CT molecular complexity index is 480. The number of amides is 1. The first kappa shape index (κ1) is 14.4. The minimum absolute atomic E-state index is 0.0546. The summed E-state index contributed by atoms with van der Waals surface area (Å²) in [5, 5.41) is 19.6. The van der Waals surface area contributed by atoms with Crippen LogP contribution in [0.25, 0.3) is 0 Å². The zero-order chi connectivity index (χ0) is 14.5. The molecule has 1 aromatic rings. The van der Waals surface area contributed by atoms with Crippen molar-refractivity contribution in [1.82, 2.24) is 14.5 Å². The van der Waals surface area contributed by atoms with E-state index in [0.29, 0.717) is 19.0 Å². The molecule has 1 N–H and O–H groups in total. The molecule has 8 heteroatoms. The highest BCUT2D eigenvalue weighted by molar-refractivity contribution is 5.76. The van der Waals surface area contributed by atoms with E-state index in [1.165, 1.54) is 17.0 Å². The van der Waals surface area contributed by atoms with Gasteiger partial charge in [-0.25, -0.2) is 4.57 Å². The van der Waals surface area contributed by atoms with Crippen LogP contribution in [-0.4, -0.2) is 50.1 Å². The first-order chi connectivity index (χ1) is 9.61. The Kier molecular flexibility index (Phi) is 4.67. The van der Waals surface area contributed by atoms with Gasteiger partial charge in [-0.1, -0.05) is 4.98 Å². The van der Waals surface area contributed by atoms with Crippen molar-refractivity contribution >= 4 is 11.9 Å². The van der Waals surface area contributed by atoms with Gasteiger partial charge in [-0.3, -0.25) is 4.79 Å². The molecule has 1 fully saturated rings. The van der Waals surface area contributed by atoms with Crippen molar-refractivity contribution in [2.24, 2.45) is 5.92 Å². The number of nitrogens with zero attached hydrogens (tertiary/aromatic N) is 4. The monoisotopic (exact) mass is 282 g/mol. The molecule has 0 bridgehead atoms. The number of hydrogen-bond acceptors (Lipinski definition) is 5. The Labute approximate surface area is 116 Å². The van der Waals surface area contributed by atoms with Gasteiger partial charge in [0.25, 0.3) is 5.91 Å². The van der Waals surface area contributed by atoms with Gasteiger partial charge < -0.3 is 20.1 Å². The quantitative estimate of drug-likeness (QED) is 0.622. The predicted molar refractivity (Wildman–Crippen MR) is 69.9 cm³/mol. The van der Waals surface area contributed by atoms with Crippen molar-refractivity contribution in [2.75, 3.05) is 19.7 Å². The van der Waals surface area contributed by atoms with E-state index in [1.54, 1.807) is 4.90 Å². The van der Waals surface area contributed by atoms with Crippen LogP contribution in [0.1, 0.15) is 19.3 Å². The molecule has 1 saturated heterocycles. The standard InChI is InChI=1S/C12H18N4O4/c17-8-3-10-1-5-14(6-2-10)11(18)9-15-7-4-13-12(15)16(19)20/h4,7,10,17H,1-3,5-6,8-9H2. The van der Waals surface area contributed by atoms with E-state index in [1.807, 2.05) is 0 Å². The summed E-state index contributed by atoms with van der Waals surface area (Å²) in [6, 6.07) is 0. The molecule has 0 radical (unpaired) electrons. The van der Waals surface area contributed by atoms with E-state index < -0.39 is 4.92 Å². The van der Waals surface area contributed by atoms with Crippen LogP contribution < -0.4 is 0 Å². The van der Waals surface area contributed by atoms with Gasteiger partial charge in [0.15, 0.2) is 6.54 Å². The van der Waals surface area contributed by atoms with Gasteiger partial charge in [0, 0.05) is 19.7 Å². The fourth-order valence-corrected chi connectivity index (χ4v) is 2.50. The van der Waals surface area contributed by atoms with Crippen molar-refractivity contribution in [1.29, 1.82) is 0 Å². The number of likely N-dealkylation sites (tertiary alicyclic amines) is 1. The summed E-state index contributed by atoms with van der Waals surface area (Å²) in [4.78, 5) is 27.6. The normalized spacial score (nSPS) is 16.4. The summed E-state index contributed by atoms with van der Waals surface area (Å²) in [5.41, 5.74) is 0. The number of aliphatic hydroxyl groups excluding tert-OH is 1. The molecule has 1 aliphatic heterocycles. The highest BCUT2D eigenvalue weighted by atomic mass is 16.6. The fourth-order valence-electron chi connectivity index (χ4n) is 2.50. The van der Waals surface area contributed by atoms with Gasteiger partial charge in [0.1, 0.15) is 12.4 Å². The Morgan fingerprint density at radius 1 is 1.50 bits per heavy atom. The molecule has 1 amide bonds. The molecule has 0 unspecified atom stereocenters. The van der Waals surface area contributed by atoms with E-state index in [2.05, 4.69) is 4.98 Å². The third-order valence-electron chi connectivity index (χ3n) is 3.67. The minimum atomic E-state index is -0.596. The molecule has 110 valence electrons. The average molecular weight is 282 g/mol. The summed E-state index contributed by atoms with van der Waals surface area (Å²) >= 11 is 0. The largest absolute Gasteiger partial charge is 0.435 e. The molecular weight excluding hydrogens is 264 g/mol. The number of carbonyl (C=O) groups excluding carboxylic acids is 1. The molecule has 20 heavy (non-hydrogen) atoms. The molecule has 8 nitrogen and oxygen atoms in total. The van der Waals surface area contributed by atoms with E-state index >= 15 is 0 Å². The number of imidazole rings is 1. The van der Waals surface area contributed by atoms with E-state index in [9.17, 15) is 14.9 Å². The van der Waals surface area contributed by atoms with Crippen molar-refractivity contribution in [2.45, 2.75) is 25.8 Å². The number of hydrogen-bond donors (Lipinski definition) is 1. The van der Waals surface area contributed by atoms with Gasteiger partial charge >= 0.3 is 5.95 Å². The molecule has 0 aromatic carbocycles. The molecule has 2 heterocycles. The van der Waals surface area contributed by atoms with Crippen molar-refractivity contribution < 1.29 is 14.8 Å². The maximum absolute atomic E-state index is 12.1. The van der Waals surface area contributed by atoms with Crippen LogP contribution >= 0.6 is 0 Å². The maximum Gasteiger partial charge on any atom is 0.435 e. The lowest BCUT2D eigenvalue weighted by Crippen LogP contribution is -2.40. The lowest BCUT2D eigenvalue weighted by atomic mass is 9.94. The molecule has 1 aromatic heterocycles. The van der Waals surface area contributed by atoms with Crippen LogP contribution in [0.3, 0.4) is 0 Å². The first-order valence-corrected chi connectivity index (χ1v) is 6.66. The summed E-state index contributed by atoms with van der Waals surface area (Å²) in [6.45, 7) is 1.42. The highest BCUT2D eigenvalue weighted by Crippen LogP contribution is 2.20. The van der Waals surface area contributed by atoms with E-state index in [0.717, 1.165) is 19.3 Å². The summed E-state index contributed by atoms with van der Waals surface area (Å²) < 4.78 is 1.25. The molecule has 0 aliphatic carbocycles. The van der Waals surface area contributed by atoms with Crippen LogP contribution in [0, 0.1) is 16.0 Å². The SMILES string of the molecule is O=C(Cn1ccnc1[N+](=O)[O-])N1CCC(CCO)CC1. The number of nitro groups is 1. The maximum atomic E-state index is 12.1. The Morgan fingerprint density at radius 3 is 2.80 bits per heavy atom. The van der Waals surface area contributed by atoms with Gasteiger partial charge in [0.2, 0.25) is 0 Å². The van der Waals surface area contributed by atoms with Crippen LogP contribution in [-0.2, 0) is 11.3 Å². The van der Waals surface area contributed by atoms with E-state index in [-0.39, 0.29) is 25.0 Å². The smallest absolute Gasteiger partial charge is 0.396 e. The Morgan fingerprint density at radius 2 is 2.20 bits per heavy atom. The van der Waals surface area contributed by atoms with Gasteiger partial charge in [-0.2, -0.15) is 0 Å². The lowest BCUT2D eigenvalue weighted by molar-refractivity contribution is -0.396. The lowest BCUT2D eigenvalue weighted by Gasteiger charge is -2.31. The Hall–Kier alpha value is -1.96. The van der Waals surface area contributed by atoms with Crippen LogP contribution in [0.4, 0.5) is 5.95 Å². The average Bonchev–Trinajstić information content (AvgIpc) is 2.88. The van der Waals surface area contributed by atoms with E-state index in [4.69, 9.17) is 5.11 Å². The third kappa shape index (κ3) is 3.32. The number of aliphatic hydroxyl groups is 1. The summed E-state index contributed by atoms with van der Waals surface area (Å²) in [5.74, 6) is 0.0219. The Balaban J connectivity index is 1.90. The molecule has 0 spiro atoms. The van der Waals surface area contributed by atoms with Gasteiger partial charge in [0.05, 0.1) is 0 Å². The minimum Gasteiger partial charge on any atom is -0.396 e. The zero-order valence-electron chi connectivity index (χ0n) is 11.1. The van der Waals surface area contributed by atoms with Crippen molar-refractivity contribution in [3.8, 4) is 0 Å². The third-order valence-corrected chi connectivity index (χ3v) is 3.67. The first-order valence-electron chi connectivity index (χ1n) is 6.66. The molecule has 0 saturated carbocycles. The van der Waals surface area contributed by atoms with Crippen LogP contribution in [0.15, 0.2) is 12.4 Å². The number of rotatable bonds is 5. The predicted octanol–water partition coefficient (Wildman–Crippen LogP) is 0.412. The molecule has 2 rings (SSSR count). The van der Waals surface area contributed by atoms with Crippen molar-refractivity contribution in [3.05, 3.63) is 22.5 Å². The topological polar surface area (TPSA) is 102 Å². The number of piperidine rings is 1. The molecular formula is C12H18N4O4. The molecule has 1 aliphatic rings. The highest BCUT2D eigenvalue weighted by Gasteiger charge is 2.25. The number of carbonyl (C=O) groups is 1. The summed E-state index contributed by atoms with van der Waals surface area (Å²) in [7, 11) is 0. The summed E-state index contributed by atoms with van der Waals surface area (Å²) in [6.07, 6.45) is 5.28. The second-order valence-electron chi connectivity index (χ2n) is 4.95. The second-order valence-corrected chi connectivity index (χ2v) is 4.95. The number of aromatic nitrogens is 2. The van der Waals surface area contributed by atoms with Crippen LogP contribution in [0.5, 0.6) is 0 Å². The van der Waals surface area contributed by atoms with Crippen molar-refractivity contribution in [3.63, 3.8) is 0 Å². The van der Waals surface area contributed by atoms with Gasteiger partial charge in [-0.05, 0) is 30.1 Å². The fraction of sp³-hybridized carbons (Fsp3) is 0.667. The van der Waals surface area contributed by atoms with Crippen LogP contribution in [0.2, 0.25) is 0 Å².